The van der Waals surface area contributed by atoms with Crippen molar-refractivity contribution in [2.45, 2.75) is 46.3 Å². The lowest BCUT2D eigenvalue weighted by molar-refractivity contribution is 0.179. The molecule has 1 aromatic rings. The summed E-state index contributed by atoms with van der Waals surface area (Å²) in [5, 5.41) is 8.88. The van der Waals surface area contributed by atoms with Crippen LogP contribution in [0, 0.1) is 0 Å². The van der Waals surface area contributed by atoms with Gasteiger partial charge in [0.2, 0.25) is 0 Å². The van der Waals surface area contributed by atoms with Gasteiger partial charge in [0.25, 0.3) is 0 Å². The second kappa shape index (κ2) is 6.66. The number of hydrogen-bond donors (Lipinski definition) is 1. The smallest absolute Gasteiger partial charge is 0.122 e. The molecular weight excluding hydrogens is 202 g/mol. The highest BCUT2D eigenvalue weighted by Crippen LogP contribution is 2.07. The van der Waals surface area contributed by atoms with E-state index < -0.39 is 0 Å². The molecule has 4 nitrogen and oxygen atoms in total. The van der Waals surface area contributed by atoms with Gasteiger partial charge in [-0.2, -0.15) is 0 Å². The standard InChI is InChI=1S/C12H23N3O/c1-4-14-8-6-13-12(14)10-15(11(2)3)7-5-9-16/h6,8,11,16H,4-5,7,9-10H2,1-3H3. The lowest BCUT2D eigenvalue weighted by Crippen LogP contribution is -2.32. The van der Waals surface area contributed by atoms with Crippen molar-refractivity contribution < 1.29 is 5.11 Å². The fourth-order valence-electron chi connectivity index (χ4n) is 1.75. The fourth-order valence-corrected chi connectivity index (χ4v) is 1.75. The van der Waals surface area contributed by atoms with Crippen LogP contribution in [0.2, 0.25) is 0 Å². The van der Waals surface area contributed by atoms with E-state index in [4.69, 9.17) is 5.11 Å². The molecule has 92 valence electrons. The molecule has 1 N–H and O–H groups in total. The highest BCUT2D eigenvalue weighted by molar-refractivity contribution is 4.92. The molecule has 0 aliphatic carbocycles. The summed E-state index contributed by atoms with van der Waals surface area (Å²) in [6.45, 7) is 9.47. The molecule has 0 saturated carbocycles. The highest BCUT2D eigenvalue weighted by Gasteiger charge is 2.12. The molecular formula is C12H23N3O. The summed E-state index contributed by atoms with van der Waals surface area (Å²) in [6.07, 6.45) is 4.69. The molecule has 4 heteroatoms. The Bertz CT molecular complexity index is 296. The average molecular weight is 225 g/mol. The quantitative estimate of drug-likeness (QED) is 0.764. The van der Waals surface area contributed by atoms with Gasteiger partial charge in [-0.3, -0.25) is 4.90 Å². The van der Waals surface area contributed by atoms with Gasteiger partial charge in [0, 0.05) is 38.1 Å². The Morgan fingerprint density at radius 3 is 2.81 bits per heavy atom. The predicted molar refractivity (Wildman–Crippen MR) is 65.1 cm³/mol. The Hall–Kier alpha value is -0.870. The number of rotatable bonds is 7. The Morgan fingerprint density at radius 1 is 1.50 bits per heavy atom. The SMILES string of the molecule is CCn1ccnc1CN(CCCO)C(C)C. The second-order valence-corrected chi connectivity index (χ2v) is 4.27. The van der Waals surface area contributed by atoms with Gasteiger partial charge in [-0.05, 0) is 27.2 Å². The average Bonchev–Trinajstić information content (AvgIpc) is 2.70. The molecule has 0 saturated heterocycles. The first-order valence-electron chi connectivity index (χ1n) is 6.04. The molecule has 0 aromatic carbocycles. The topological polar surface area (TPSA) is 41.3 Å². The van der Waals surface area contributed by atoms with Crippen LogP contribution < -0.4 is 0 Å². The molecule has 0 unspecified atom stereocenters. The summed E-state index contributed by atoms with van der Waals surface area (Å²) in [5.74, 6) is 1.11. The molecule has 0 bridgehead atoms. The van der Waals surface area contributed by atoms with Crippen molar-refractivity contribution in [1.82, 2.24) is 14.5 Å². The molecule has 0 aliphatic heterocycles. The highest BCUT2D eigenvalue weighted by atomic mass is 16.3. The van der Waals surface area contributed by atoms with E-state index in [2.05, 4.69) is 35.2 Å². The zero-order valence-corrected chi connectivity index (χ0v) is 10.6. The molecule has 16 heavy (non-hydrogen) atoms. The van der Waals surface area contributed by atoms with Crippen molar-refractivity contribution in [2.24, 2.45) is 0 Å². The summed E-state index contributed by atoms with van der Waals surface area (Å²) in [7, 11) is 0. The maximum atomic E-state index is 8.88. The fraction of sp³-hybridized carbons (Fsp3) is 0.750. The minimum absolute atomic E-state index is 0.255. The molecule has 1 aromatic heterocycles. The zero-order chi connectivity index (χ0) is 12.0. The summed E-state index contributed by atoms with van der Waals surface area (Å²) in [4.78, 5) is 6.71. The normalized spacial score (nSPS) is 11.6. The summed E-state index contributed by atoms with van der Waals surface area (Å²) in [5.41, 5.74) is 0. The van der Waals surface area contributed by atoms with Crippen LogP contribution in [0.4, 0.5) is 0 Å². The first-order valence-corrected chi connectivity index (χ1v) is 6.04. The van der Waals surface area contributed by atoms with Crippen LogP contribution >= 0.6 is 0 Å². The Labute approximate surface area is 97.9 Å². The van der Waals surface area contributed by atoms with Crippen molar-refractivity contribution in [1.29, 1.82) is 0 Å². The monoisotopic (exact) mass is 225 g/mol. The van der Waals surface area contributed by atoms with Gasteiger partial charge < -0.3 is 9.67 Å². The van der Waals surface area contributed by atoms with E-state index in [1.807, 2.05) is 12.4 Å². The van der Waals surface area contributed by atoms with E-state index in [1.165, 1.54) is 0 Å². The first kappa shape index (κ1) is 13.2. The van der Waals surface area contributed by atoms with Crippen molar-refractivity contribution in [2.75, 3.05) is 13.2 Å². The molecule has 0 amide bonds. The van der Waals surface area contributed by atoms with Crippen LogP contribution in [-0.2, 0) is 13.1 Å². The van der Waals surface area contributed by atoms with Crippen LogP contribution in [0.15, 0.2) is 12.4 Å². The number of nitrogens with zero attached hydrogens (tertiary/aromatic N) is 3. The molecule has 1 rings (SSSR count). The van der Waals surface area contributed by atoms with Crippen molar-refractivity contribution in [3.05, 3.63) is 18.2 Å². The summed E-state index contributed by atoms with van der Waals surface area (Å²) in [6, 6.07) is 0.480. The summed E-state index contributed by atoms with van der Waals surface area (Å²) < 4.78 is 2.16. The Balaban J connectivity index is 2.60. The third-order valence-electron chi connectivity index (χ3n) is 2.82. The largest absolute Gasteiger partial charge is 0.396 e. The third-order valence-corrected chi connectivity index (χ3v) is 2.82. The third kappa shape index (κ3) is 3.61. The zero-order valence-electron chi connectivity index (χ0n) is 10.6. The van der Waals surface area contributed by atoms with Gasteiger partial charge in [-0.15, -0.1) is 0 Å². The second-order valence-electron chi connectivity index (χ2n) is 4.27. The van der Waals surface area contributed by atoms with Crippen molar-refractivity contribution >= 4 is 0 Å². The Morgan fingerprint density at radius 2 is 2.25 bits per heavy atom. The van der Waals surface area contributed by atoms with E-state index >= 15 is 0 Å². The summed E-state index contributed by atoms with van der Waals surface area (Å²) >= 11 is 0. The van der Waals surface area contributed by atoms with Crippen LogP contribution in [0.1, 0.15) is 33.0 Å². The van der Waals surface area contributed by atoms with Gasteiger partial charge in [-0.1, -0.05) is 0 Å². The van der Waals surface area contributed by atoms with Crippen LogP contribution in [0.5, 0.6) is 0 Å². The lowest BCUT2D eigenvalue weighted by Gasteiger charge is -2.25. The number of aliphatic hydroxyl groups is 1. The van der Waals surface area contributed by atoms with E-state index in [9.17, 15) is 0 Å². The number of aryl methyl sites for hydroxylation is 1. The van der Waals surface area contributed by atoms with Crippen molar-refractivity contribution in [3.63, 3.8) is 0 Å². The minimum Gasteiger partial charge on any atom is -0.396 e. The molecule has 0 atom stereocenters. The van der Waals surface area contributed by atoms with E-state index in [0.717, 1.165) is 31.9 Å². The molecule has 0 fully saturated rings. The van der Waals surface area contributed by atoms with Gasteiger partial charge >= 0.3 is 0 Å². The predicted octanol–water partition coefficient (Wildman–Crippen LogP) is 1.50. The molecule has 0 radical (unpaired) electrons. The maximum absolute atomic E-state index is 8.88. The number of aliphatic hydroxyl groups excluding tert-OH is 1. The lowest BCUT2D eigenvalue weighted by atomic mass is 10.3. The number of aromatic nitrogens is 2. The van der Waals surface area contributed by atoms with Crippen LogP contribution in [-0.4, -0.2) is 38.8 Å². The van der Waals surface area contributed by atoms with Crippen molar-refractivity contribution in [3.8, 4) is 0 Å². The van der Waals surface area contributed by atoms with E-state index in [1.54, 1.807) is 0 Å². The molecule has 0 aliphatic rings. The maximum Gasteiger partial charge on any atom is 0.122 e. The van der Waals surface area contributed by atoms with E-state index in [0.29, 0.717) is 6.04 Å². The Kier molecular flexibility index (Phi) is 5.49. The molecule has 1 heterocycles. The molecule has 0 spiro atoms. The van der Waals surface area contributed by atoms with Gasteiger partial charge in [0.05, 0.1) is 6.54 Å². The van der Waals surface area contributed by atoms with E-state index in [-0.39, 0.29) is 6.61 Å². The van der Waals surface area contributed by atoms with Crippen LogP contribution in [0.3, 0.4) is 0 Å². The first-order chi connectivity index (χ1) is 7.69. The van der Waals surface area contributed by atoms with Gasteiger partial charge in [-0.25, -0.2) is 4.98 Å². The number of imidazole rings is 1. The minimum atomic E-state index is 0.255. The van der Waals surface area contributed by atoms with Gasteiger partial charge in [0.15, 0.2) is 0 Å². The number of hydrogen-bond acceptors (Lipinski definition) is 3. The van der Waals surface area contributed by atoms with Gasteiger partial charge in [0.1, 0.15) is 5.82 Å². The van der Waals surface area contributed by atoms with Crippen LogP contribution in [0.25, 0.3) is 0 Å².